The zero-order valence-electron chi connectivity index (χ0n) is 14.7. The highest BCUT2D eigenvalue weighted by Gasteiger charge is 2.26. The lowest BCUT2D eigenvalue weighted by atomic mass is 9.99. The SMILES string of the molecule is CCC1CCCCN1C(=O)c1cncc(C(=O)Nc2ccccc2F)c1. The van der Waals surface area contributed by atoms with Crippen LogP contribution in [0.4, 0.5) is 10.1 Å². The molecule has 1 N–H and O–H groups in total. The molecular weight excluding hydrogens is 333 g/mol. The first-order valence-corrected chi connectivity index (χ1v) is 8.92. The molecule has 26 heavy (non-hydrogen) atoms. The van der Waals surface area contributed by atoms with Gasteiger partial charge in [0.1, 0.15) is 5.82 Å². The second kappa shape index (κ2) is 8.08. The molecule has 0 radical (unpaired) electrons. The number of carbonyl (C=O) groups is 2. The average Bonchev–Trinajstić information content (AvgIpc) is 2.69. The van der Waals surface area contributed by atoms with Gasteiger partial charge in [0.05, 0.1) is 16.8 Å². The summed E-state index contributed by atoms with van der Waals surface area (Å²) in [6.45, 7) is 2.80. The van der Waals surface area contributed by atoms with Crippen LogP contribution in [0.25, 0.3) is 0 Å². The number of pyridine rings is 1. The fraction of sp³-hybridized carbons (Fsp3) is 0.350. The molecule has 0 aliphatic carbocycles. The van der Waals surface area contributed by atoms with Crippen LogP contribution in [0.2, 0.25) is 0 Å². The average molecular weight is 355 g/mol. The summed E-state index contributed by atoms with van der Waals surface area (Å²) in [6, 6.07) is 7.69. The molecule has 1 aromatic heterocycles. The Kier molecular flexibility index (Phi) is 5.61. The van der Waals surface area contributed by atoms with E-state index in [1.165, 1.54) is 30.6 Å². The van der Waals surface area contributed by atoms with Crippen LogP contribution in [0.1, 0.15) is 53.3 Å². The van der Waals surface area contributed by atoms with Crippen molar-refractivity contribution in [3.63, 3.8) is 0 Å². The second-order valence-electron chi connectivity index (χ2n) is 6.45. The van der Waals surface area contributed by atoms with E-state index < -0.39 is 11.7 Å². The molecule has 2 aromatic rings. The van der Waals surface area contributed by atoms with E-state index in [2.05, 4.69) is 17.2 Å². The molecule has 6 heteroatoms. The number of nitrogens with zero attached hydrogens (tertiary/aromatic N) is 2. The van der Waals surface area contributed by atoms with Gasteiger partial charge in [-0.25, -0.2) is 4.39 Å². The molecule has 1 aromatic carbocycles. The van der Waals surface area contributed by atoms with Crippen molar-refractivity contribution in [1.29, 1.82) is 0 Å². The normalized spacial score (nSPS) is 17.0. The summed E-state index contributed by atoms with van der Waals surface area (Å²) in [4.78, 5) is 31.2. The number of likely N-dealkylation sites (tertiary alicyclic amines) is 1. The number of amides is 2. The van der Waals surface area contributed by atoms with Crippen LogP contribution in [-0.4, -0.2) is 34.3 Å². The van der Waals surface area contributed by atoms with Gasteiger partial charge in [-0.15, -0.1) is 0 Å². The van der Waals surface area contributed by atoms with Gasteiger partial charge in [0.15, 0.2) is 0 Å². The van der Waals surface area contributed by atoms with Gasteiger partial charge in [-0.2, -0.15) is 0 Å². The molecule has 3 rings (SSSR count). The number of halogens is 1. The Morgan fingerprint density at radius 2 is 2.00 bits per heavy atom. The Morgan fingerprint density at radius 1 is 1.23 bits per heavy atom. The molecule has 1 fully saturated rings. The van der Waals surface area contributed by atoms with E-state index >= 15 is 0 Å². The summed E-state index contributed by atoms with van der Waals surface area (Å²) in [6.07, 6.45) is 6.88. The maximum Gasteiger partial charge on any atom is 0.257 e. The van der Waals surface area contributed by atoms with Crippen LogP contribution in [0.15, 0.2) is 42.7 Å². The van der Waals surface area contributed by atoms with E-state index in [9.17, 15) is 14.0 Å². The molecule has 1 atom stereocenters. The Morgan fingerprint density at radius 3 is 2.77 bits per heavy atom. The summed E-state index contributed by atoms with van der Waals surface area (Å²) >= 11 is 0. The number of piperidine rings is 1. The maximum atomic E-state index is 13.7. The highest BCUT2D eigenvalue weighted by molar-refractivity contribution is 6.05. The number of hydrogen-bond acceptors (Lipinski definition) is 3. The summed E-state index contributed by atoms with van der Waals surface area (Å²) in [5, 5.41) is 2.51. The maximum absolute atomic E-state index is 13.7. The quantitative estimate of drug-likeness (QED) is 0.905. The van der Waals surface area contributed by atoms with Crippen LogP contribution in [-0.2, 0) is 0 Å². The lowest BCUT2D eigenvalue weighted by molar-refractivity contribution is 0.0607. The third kappa shape index (κ3) is 3.90. The lowest BCUT2D eigenvalue weighted by Gasteiger charge is -2.35. The minimum absolute atomic E-state index is 0.0938. The second-order valence-corrected chi connectivity index (χ2v) is 6.45. The molecule has 2 amide bonds. The molecule has 1 aliphatic heterocycles. The highest BCUT2D eigenvalue weighted by Crippen LogP contribution is 2.22. The molecule has 0 spiro atoms. The van der Waals surface area contributed by atoms with Crippen LogP contribution in [0.5, 0.6) is 0 Å². The summed E-state index contributed by atoms with van der Waals surface area (Å²) in [7, 11) is 0. The molecule has 1 unspecified atom stereocenters. The minimum Gasteiger partial charge on any atom is -0.336 e. The zero-order valence-corrected chi connectivity index (χ0v) is 14.7. The number of rotatable bonds is 4. The van der Waals surface area contributed by atoms with Crippen molar-refractivity contribution < 1.29 is 14.0 Å². The smallest absolute Gasteiger partial charge is 0.257 e. The van der Waals surface area contributed by atoms with Crippen LogP contribution < -0.4 is 5.32 Å². The molecule has 0 saturated carbocycles. The topological polar surface area (TPSA) is 62.3 Å². The first-order chi connectivity index (χ1) is 12.6. The van der Waals surface area contributed by atoms with Crippen molar-refractivity contribution in [3.8, 4) is 0 Å². The van der Waals surface area contributed by atoms with Crippen molar-refractivity contribution in [1.82, 2.24) is 9.88 Å². The third-order valence-corrected chi connectivity index (χ3v) is 4.73. The molecule has 136 valence electrons. The van der Waals surface area contributed by atoms with Crippen molar-refractivity contribution in [3.05, 3.63) is 59.7 Å². The fourth-order valence-electron chi connectivity index (χ4n) is 3.30. The predicted octanol–water partition coefficient (Wildman–Crippen LogP) is 3.88. The lowest BCUT2D eigenvalue weighted by Crippen LogP contribution is -2.43. The predicted molar refractivity (Wildman–Crippen MR) is 97.6 cm³/mol. The van der Waals surface area contributed by atoms with Crippen molar-refractivity contribution in [2.45, 2.75) is 38.6 Å². The largest absolute Gasteiger partial charge is 0.336 e. The summed E-state index contributed by atoms with van der Waals surface area (Å²) < 4.78 is 13.7. The number of carbonyl (C=O) groups excluding carboxylic acids is 2. The number of hydrogen-bond donors (Lipinski definition) is 1. The Hall–Kier alpha value is -2.76. The number of para-hydroxylation sites is 1. The Bertz CT molecular complexity index is 809. The van der Waals surface area contributed by atoms with Gasteiger partial charge < -0.3 is 10.2 Å². The van der Waals surface area contributed by atoms with E-state index in [-0.39, 0.29) is 23.2 Å². The molecule has 5 nitrogen and oxygen atoms in total. The van der Waals surface area contributed by atoms with Gasteiger partial charge in [0.2, 0.25) is 0 Å². The fourth-order valence-corrected chi connectivity index (χ4v) is 3.30. The van der Waals surface area contributed by atoms with Gasteiger partial charge in [-0.05, 0) is 43.9 Å². The molecular formula is C20H22FN3O2. The van der Waals surface area contributed by atoms with Crippen molar-refractivity contribution in [2.24, 2.45) is 0 Å². The van der Waals surface area contributed by atoms with Crippen LogP contribution >= 0.6 is 0 Å². The summed E-state index contributed by atoms with van der Waals surface area (Å²) in [5.41, 5.74) is 0.701. The number of nitrogens with one attached hydrogen (secondary N) is 1. The molecule has 0 bridgehead atoms. The van der Waals surface area contributed by atoms with Gasteiger partial charge in [-0.3, -0.25) is 14.6 Å². The van der Waals surface area contributed by atoms with E-state index in [0.29, 0.717) is 5.56 Å². The van der Waals surface area contributed by atoms with Crippen molar-refractivity contribution in [2.75, 3.05) is 11.9 Å². The first kappa shape index (κ1) is 18.0. The van der Waals surface area contributed by atoms with E-state index in [1.54, 1.807) is 12.1 Å². The van der Waals surface area contributed by atoms with Gasteiger partial charge in [-0.1, -0.05) is 19.1 Å². The number of aromatic nitrogens is 1. The standard InChI is InChI=1S/C20H22FN3O2/c1-2-16-7-5-6-10-24(16)20(26)15-11-14(12-22-13-15)19(25)23-18-9-4-3-8-17(18)21/h3-4,8-9,11-13,16H,2,5-7,10H2,1H3,(H,23,25). The van der Waals surface area contributed by atoms with E-state index in [1.807, 2.05) is 4.90 Å². The molecule has 1 aliphatic rings. The molecule has 2 heterocycles. The van der Waals surface area contributed by atoms with Crippen LogP contribution in [0, 0.1) is 5.82 Å². The summed E-state index contributed by atoms with van der Waals surface area (Å²) in [5.74, 6) is -1.12. The zero-order chi connectivity index (χ0) is 18.5. The monoisotopic (exact) mass is 355 g/mol. The van der Waals surface area contributed by atoms with Gasteiger partial charge >= 0.3 is 0 Å². The first-order valence-electron chi connectivity index (χ1n) is 8.92. The Labute approximate surface area is 152 Å². The Balaban J connectivity index is 1.78. The third-order valence-electron chi connectivity index (χ3n) is 4.73. The number of anilines is 1. The van der Waals surface area contributed by atoms with E-state index in [4.69, 9.17) is 0 Å². The number of benzene rings is 1. The van der Waals surface area contributed by atoms with Gasteiger partial charge in [0.25, 0.3) is 11.8 Å². The minimum atomic E-state index is -0.514. The van der Waals surface area contributed by atoms with Gasteiger partial charge in [0, 0.05) is 25.0 Å². The highest BCUT2D eigenvalue weighted by atomic mass is 19.1. The van der Waals surface area contributed by atoms with E-state index in [0.717, 1.165) is 32.2 Å². The molecule has 1 saturated heterocycles. The van der Waals surface area contributed by atoms with Crippen molar-refractivity contribution >= 4 is 17.5 Å². The van der Waals surface area contributed by atoms with Crippen LogP contribution in [0.3, 0.4) is 0 Å².